The van der Waals surface area contributed by atoms with Crippen LogP contribution in [0.5, 0.6) is 0 Å². The summed E-state index contributed by atoms with van der Waals surface area (Å²) in [4.78, 5) is 6.88. The summed E-state index contributed by atoms with van der Waals surface area (Å²) < 4.78 is 0. The van der Waals surface area contributed by atoms with E-state index in [4.69, 9.17) is 5.73 Å². The van der Waals surface area contributed by atoms with E-state index >= 15 is 0 Å². The van der Waals surface area contributed by atoms with Gasteiger partial charge >= 0.3 is 0 Å². The molecule has 2 N–H and O–H groups in total. The Morgan fingerprint density at radius 1 is 1.60 bits per heavy atom. The first kappa shape index (κ1) is 10.6. The van der Waals surface area contributed by atoms with Crippen LogP contribution >= 0.6 is 0 Å². The molecule has 0 spiro atoms. The van der Waals surface area contributed by atoms with Crippen LogP contribution in [0.2, 0.25) is 0 Å². The fraction of sp³-hybridized carbons (Fsp3) is 0.583. The quantitative estimate of drug-likeness (QED) is 0.814. The summed E-state index contributed by atoms with van der Waals surface area (Å²) in [6.45, 7) is 4.13. The van der Waals surface area contributed by atoms with Crippen LogP contribution in [0.25, 0.3) is 0 Å². The second-order valence-electron chi connectivity index (χ2n) is 4.20. The van der Waals surface area contributed by atoms with Crippen molar-refractivity contribution in [3.05, 3.63) is 30.1 Å². The van der Waals surface area contributed by atoms with Gasteiger partial charge in [0.25, 0.3) is 0 Å². The predicted octanol–water partition coefficient (Wildman–Crippen LogP) is 1.57. The Labute approximate surface area is 91.3 Å². The Bertz CT molecular complexity index is 299. The van der Waals surface area contributed by atoms with Gasteiger partial charge < -0.3 is 5.73 Å². The molecule has 3 nitrogen and oxygen atoms in total. The molecule has 82 valence electrons. The second-order valence-corrected chi connectivity index (χ2v) is 4.20. The summed E-state index contributed by atoms with van der Waals surface area (Å²) in [6.07, 6.45) is 4.35. The van der Waals surface area contributed by atoms with Crippen molar-refractivity contribution in [2.75, 3.05) is 13.1 Å². The number of hydrogen-bond donors (Lipinski definition) is 1. The maximum atomic E-state index is 5.78. The van der Waals surface area contributed by atoms with E-state index in [0.29, 0.717) is 12.1 Å². The van der Waals surface area contributed by atoms with Crippen LogP contribution in [0.15, 0.2) is 24.4 Å². The topological polar surface area (TPSA) is 42.2 Å². The van der Waals surface area contributed by atoms with E-state index in [9.17, 15) is 0 Å². The molecule has 0 saturated carbocycles. The highest BCUT2D eigenvalue weighted by Gasteiger charge is 2.28. The lowest BCUT2D eigenvalue weighted by molar-refractivity contribution is 0.193. The summed E-state index contributed by atoms with van der Waals surface area (Å²) in [6, 6.07) is 7.04. The highest BCUT2D eigenvalue weighted by Crippen LogP contribution is 2.27. The van der Waals surface area contributed by atoms with Crippen molar-refractivity contribution in [2.45, 2.75) is 31.8 Å². The van der Waals surface area contributed by atoms with Crippen LogP contribution in [0, 0.1) is 0 Å². The molecule has 2 heterocycles. The molecule has 1 saturated heterocycles. The predicted molar refractivity (Wildman–Crippen MR) is 61.4 cm³/mol. The van der Waals surface area contributed by atoms with Crippen molar-refractivity contribution in [1.82, 2.24) is 9.88 Å². The van der Waals surface area contributed by atoms with Gasteiger partial charge in [-0.25, -0.2) is 0 Å². The Morgan fingerprint density at radius 2 is 2.47 bits per heavy atom. The van der Waals surface area contributed by atoms with Crippen LogP contribution in [0.4, 0.5) is 0 Å². The first-order valence-electron chi connectivity index (χ1n) is 5.69. The van der Waals surface area contributed by atoms with Crippen molar-refractivity contribution >= 4 is 0 Å². The van der Waals surface area contributed by atoms with Crippen molar-refractivity contribution in [2.24, 2.45) is 5.73 Å². The number of likely N-dealkylation sites (tertiary alicyclic amines) is 1. The summed E-state index contributed by atoms with van der Waals surface area (Å²) >= 11 is 0. The van der Waals surface area contributed by atoms with Crippen LogP contribution in [-0.4, -0.2) is 29.0 Å². The van der Waals surface area contributed by atoms with Crippen molar-refractivity contribution < 1.29 is 0 Å². The van der Waals surface area contributed by atoms with Gasteiger partial charge in [-0.1, -0.05) is 6.07 Å². The third-order valence-electron chi connectivity index (χ3n) is 3.31. The summed E-state index contributed by atoms with van der Waals surface area (Å²) in [5, 5.41) is 0. The summed E-state index contributed by atoms with van der Waals surface area (Å²) in [7, 11) is 0. The molecule has 1 aromatic rings. The molecule has 0 aliphatic carbocycles. The highest BCUT2D eigenvalue weighted by atomic mass is 15.2. The van der Waals surface area contributed by atoms with Crippen molar-refractivity contribution in [3.63, 3.8) is 0 Å². The normalized spacial score (nSPS) is 24.3. The largest absolute Gasteiger partial charge is 0.329 e. The fourth-order valence-electron chi connectivity index (χ4n) is 2.41. The zero-order chi connectivity index (χ0) is 10.7. The maximum Gasteiger partial charge on any atom is 0.0572 e. The van der Waals surface area contributed by atoms with Gasteiger partial charge in [-0.05, 0) is 38.4 Å². The van der Waals surface area contributed by atoms with E-state index in [0.717, 1.165) is 18.8 Å². The molecule has 0 radical (unpaired) electrons. The highest BCUT2D eigenvalue weighted by molar-refractivity contribution is 5.09. The van der Waals surface area contributed by atoms with E-state index in [-0.39, 0.29) is 0 Å². The summed E-state index contributed by atoms with van der Waals surface area (Å²) in [5.74, 6) is 0. The molecule has 0 bridgehead atoms. The van der Waals surface area contributed by atoms with Gasteiger partial charge in [-0.2, -0.15) is 0 Å². The van der Waals surface area contributed by atoms with Gasteiger partial charge in [0.15, 0.2) is 0 Å². The van der Waals surface area contributed by atoms with Gasteiger partial charge in [0.1, 0.15) is 0 Å². The Kier molecular flexibility index (Phi) is 3.34. The molecular formula is C12H19N3. The first-order chi connectivity index (χ1) is 7.33. The molecule has 1 aromatic heterocycles. The smallest absolute Gasteiger partial charge is 0.0572 e. The zero-order valence-electron chi connectivity index (χ0n) is 9.26. The van der Waals surface area contributed by atoms with Gasteiger partial charge in [0, 0.05) is 24.8 Å². The van der Waals surface area contributed by atoms with E-state index in [1.165, 1.54) is 12.8 Å². The molecule has 1 fully saturated rings. The number of aromatic nitrogens is 1. The third-order valence-corrected chi connectivity index (χ3v) is 3.31. The molecule has 0 amide bonds. The molecule has 3 heteroatoms. The van der Waals surface area contributed by atoms with Crippen LogP contribution in [0.1, 0.15) is 31.5 Å². The molecule has 2 rings (SSSR count). The number of hydrogen-bond acceptors (Lipinski definition) is 3. The maximum absolute atomic E-state index is 5.78. The fourth-order valence-corrected chi connectivity index (χ4v) is 2.41. The molecule has 1 aliphatic heterocycles. The third kappa shape index (κ3) is 2.19. The molecular weight excluding hydrogens is 186 g/mol. The average molecular weight is 205 g/mol. The Morgan fingerprint density at radius 3 is 3.13 bits per heavy atom. The lowest BCUT2D eigenvalue weighted by Gasteiger charge is -2.29. The van der Waals surface area contributed by atoms with E-state index in [1.807, 2.05) is 18.3 Å². The lowest BCUT2D eigenvalue weighted by atomic mass is 10.1. The average Bonchev–Trinajstić information content (AvgIpc) is 2.77. The zero-order valence-corrected chi connectivity index (χ0v) is 9.26. The van der Waals surface area contributed by atoms with Crippen molar-refractivity contribution in [1.29, 1.82) is 0 Å². The number of nitrogens with two attached hydrogens (primary N) is 1. The Balaban J connectivity index is 2.10. The monoisotopic (exact) mass is 205 g/mol. The minimum absolute atomic E-state index is 0.391. The Hall–Kier alpha value is -0.930. The molecule has 0 unspecified atom stereocenters. The second kappa shape index (κ2) is 4.73. The van der Waals surface area contributed by atoms with Crippen LogP contribution < -0.4 is 5.73 Å². The number of nitrogens with zero attached hydrogens (tertiary/aromatic N) is 2. The number of rotatable bonds is 3. The van der Waals surface area contributed by atoms with Gasteiger partial charge in [0.05, 0.1) is 5.69 Å². The van der Waals surface area contributed by atoms with Crippen LogP contribution in [-0.2, 0) is 0 Å². The van der Waals surface area contributed by atoms with Gasteiger partial charge in [0.2, 0.25) is 0 Å². The molecule has 15 heavy (non-hydrogen) atoms. The molecule has 2 atom stereocenters. The van der Waals surface area contributed by atoms with Crippen LogP contribution in [0.3, 0.4) is 0 Å². The van der Waals surface area contributed by atoms with Crippen molar-refractivity contribution in [3.8, 4) is 0 Å². The molecule has 1 aliphatic rings. The SMILES string of the molecule is C[C@@H](c1ccccn1)N1CCC[C@H]1CN. The first-order valence-corrected chi connectivity index (χ1v) is 5.69. The standard InChI is InChI=1S/C12H19N3/c1-10(12-6-2-3-7-14-12)15-8-4-5-11(15)9-13/h2-3,6-7,10-11H,4-5,8-9,13H2,1H3/t10-,11-/m0/s1. The van der Waals surface area contributed by atoms with E-state index < -0.39 is 0 Å². The van der Waals surface area contributed by atoms with Gasteiger partial charge in [-0.3, -0.25) is 9.88 Å². The molecule has 0 aromatic carbocycles. The number of pyridine rings is 1. The van der Waals surface area contributed by atoms with E-state index in [1.54, 1.807) is 0 Å². The minimum Gasteiger partial charge on any atom is -0.329 e. The van der Waals surface area contributed by atoms with Gasteiger partial charge in [-0.15, -0.1) is 0 Å². The summed E-state index contributed by atoms with van der Waals surface area (Å²) in [5.41, 5.74) is 6.93. The minimum atomic E-state index is 0.391. The lowest BCUT2D eigenvalue weighted by Crippen LogP contribution is -2.37. The van der Waals surface area contributed by atoms with E-state index in [2.05, 4.69) is 22.9 Å².